The van der Waals surface area contributed by atoms with Crippen molar-refractivity contribution in [1.29, 1.82) is 0 Å². The van der Waals surface area contributed by atoms with E-state index in [-0.39, 0.29) is 0 Å². The van der Waals surface area contributed by atoms with Gasteiger partial charge >= 0.3 is 0 Å². The van der Waals surface area contributed by atoms with Crippen LogP contribution in [0.1, 0.15) is 5.56 Å². The zero-order valence-electron chi connectivity index (χ0n) is 14.9. The molecule has 0 saturated heterocycles. The highest BCUT2D eigenvalue weighted by atomic mass is 14.9. The van der Waals surface area contributed by atoms with Gasteiger partial charge in [0.05, 0.1) is 0 Å². The van der Waals surface area contributed by atoms with Crippen LogP contribution >= 0.6 is 0 Å². The van der Waals surface area contributed by atoms with Crippen molar-refractivity contribution in [2.75, 3.05) is 0 Å². The molecule has 1 heteroatoms. The van der Waals surface area contributed by atoms with Crippen molar-refractivity contribution in [3.8, 4) is 0 Å². The van der Waals surface area contributed by atoms with Gasteiger partial charge in [0.1, 0.15) is 0 Å². The molecule has 0 aliphatic carbocycles. The van der Waals surface area contributed by atoms with E-state index in [0.717, 1.165) is 6.54 Å². The normalized spacial score (nSPS) is 11.9. The molecule has 27 heavy (non-hydrogen) atoms. The van der Waals surface area contributed by atoms with Crippen LogP contribution in [0, 0.1) is 0 Å². The molecule has 0 aliphatic rings. The lowest BCUT2D eigenvalue weighted by atomic mass is 9.87. The number of benzene rings is 5. The number of hydrogen-bond acceptors (Lipinski definition) is 0. The molecule has 6 rings (SSSR count). The van der Waals surface area contributed by atoms with Gasteiger partial charge in [-0.05, 0) is 43.1 Å². The van der Waals surface area contributed by atoms with E-state index in [4.69, 9.17) is 0 Å². The molecule has 0 bridgehead atoms. The van der Waals surface area contributed by atoms with Crippen LogP contribution in [0.3, 0.4) is 0 Å². The lowest BCUT2D eigenvalue weighted by molar-refractivity contribution is -0.688. The number of aromatic nitrogens is 1. The molecule has 0 aliphatic heterocycles. The third-order valence-electron chi connectivity index (χ3n) is 5.76. The zero-order chi connectivity index (χ0) is 17.8. The topological polar surface area (TPSA) is 3.88 Å². The maximum Gasteiger partial charge on any atom is 0.175 e. The van der Waals surface area contributed by atoms with Crippen molar-refractivity contribution in [1.82, 2.24) is 0 Å². The second kappa shape index (κ2) is 5.52. The largest absolute Gasteiger partial charge is 0.201 e. The lowest BCUT2D eigenvalue weighted by Crippen LogP contribution is -2.33. The summed E-state index contributed by atoms with van der Waals surface area (Å²) >= 11 is 0. The summed E-state index contributed by atoms with van der Waals surface area (Å²) in [4.78, 5) is 0. The van der Waals surface area contributed by atoms with Gasteiger partial charge in [-0.3, -0.25) is 0 Å². The molecule has 5 aromatic carbocycles. The van der Waals surface area contributed by atoms with E-state index < -0.39 is 0 Å². The number of pyridine rings is 1. The third-order valence-corrected chi connectivity index (χ3v) is 5.76. The summed E-state index contributed by atoms with van der Waals surface area (Å²) in [6, 6.07) is 30.8. The first-order valence-electron chi connectivity index (χ1n) is 9.41. The fourth-order valence-corrected chi connectivity index (χ4v) is 4.58. The second-order valence-electron chi connectivity index (χ2n) is 7.25. The van der Waals surface area contributed by atoms with Gasteiger partial charge < -0.3 is 0 Å². The summed E-state index contributed by atoms with van der Waals surface area (Å²) in [5.41, 5.74) is 1.40. The highest BCUT2D eigenvalue weighted by molar-refractivity contribution is 6.29. The monoisotopic (exact) mass is 344 g/mol. The highest BCUT2D eigenvalue weighted by Crippen LogP contribution is 2.40. The Morgan fingerprint density at radius 2 is 1.19 bits per heavy atom. The Hall–Kier alpha value is -3.45. The summed E-state index contributed by atoms with van der Waals surface area (Å²) in [6.07, 6.45) is 4.29. The predicted molar refractivity (Wildman–Crippen MR) is 113 cm³/mol. The Balaban J connectivity index is 1.84. The Morgan fingerprint density at radius 3 is 1.96 bits per heavy atom. The fraction of sp³-hybridized carbons (Fsp3) is 0.0385. The van der Waals surface area contributed by atoms with Crippen molar-refractivity contribution in [3.05, 3.63) is 103 Å². The third kappa shape index (κ3) is 2.09. The standard InChI is InChI=1S/C26H18N/c1-4-15-27(16-5-1)17-24-21-10-3-2-9-20(21)22-13-11-18-7-6-8-19-12-14-23(24)26(22)25(18)19/h1-16H,17H2/q+1. The van der Waals surface area contributed by atoms with Crippen LogP contribution in [0.5, 0.6) is 0 Å². The molecule has 1 aromatic heterocycles. The van der Waals surface area contributed by atoms with Crippen LogP contribution in [0.15, 0.2) is 97.3 Å². The van der Waals surface area contributed by atoms with Gasteiger partial charge in [0, 0.05) is 17.7 Å². The molecule has 0 amide bonds. The molecule has 0 radical (unpaired) electrons. The summed E-state index contributed by atoms with van der Waals surface area (Å²) in [7, 11) is 0. The maximum atomic E-state index is 2.31. The van der Waals surface area contributed by atoms with E-state index in [0.29, 0.717) is 0 Å². The smallest absolute Gasteiger partial charge is 0.175 e. The number of fused-ring (bicyclic) bond motifs is 2. The second-order valence-corrected chi connectivity index (χ2v) is 7.25. The summed E-state index contributed by atoms with van der Waals surface area (Å²) < 4.78 is 2.26. The van der Waals surface area contributed by atoms with Gasteiger partial charge in [0.2, 0.25) is 0 Å². The molecule has 1 nitrogen and oxygen atoms in total. The van der Waals surface area contributed by atoms with Crippen molar-refractivity contribution >= 4 is 43.1 Å². The summed E-state index contributed by atoms with van der Waals surface area (Å²) in [6.45, 7) is 0.871. The molecular formula is C26H18N+. The van der Waals surface area contributed by atoms with Gasteiger partial charge in [0.15, 0.2) is 18.9 Å². The molecule has 0 atom stereocenters. The maximum absolute atomic E-state index is 2.31. The minimum absolute atomic E-state index is 0.871. The highest BCUT2D eigenvalue weighted by Gasteiger charge is 2.17. The van der Waals surface area contributed by atoms with Gasteiger partial charge in [-0.2, -0.15) is 0 Å². The molecule has 0 saturated carbocycles. The number of hydrogen-bond donors (Lipinski definition) is 0. The van der Waals surface area contributed by atoms with E-state index >= 15 is 0 Å². The van der Waals surface area contributed by atoms with Gasteiger partial charge in [0.25, 0.3) is 0 Å². The summed E-state index contributed by atoms with van der Waals surface area (Å²) in [5.74, 6) is 0. The van der Waals surface area contributed by atoms with E-state index in [2.05, 4.69) is 102 Å². The van der Waals surface area contributed by atoms with Crippen molar-refractivity contribution in [3.63, 3.8) is 0 Å². The SMILES string of the molecule is c1cc[n+](Cc2c3ccccc3c3ccc4cccc5ccc2c3c54)cc1. The van der Waals surface area contributed by atoms with Crippen LogP contribution in [0.4, 0.5) is 0 Å². The van der Waals surface area contributed by atoms with Crippen molar-refractivity contribution in [2.45, 2.75) is 6.54 Å². The van der Waals surface area contributed by atoms with Crippen molar-refractivity contribution in [2.24, 2.45) is 0 Å². The van der Waals surface area contributed by atoms with Crippen LogP contribution < -0.4 is 4.57 Å². The molecule has 6 aromatic rings. The van der Waals surface area contributed by atoms with Gasteiger partial charge in [-0.25, -0.2) is 4.57 Å². The van der Waals surface area contributed by atoms with Crippen molar-refractivity contribution < 1.29 is 4.57 Å². The minimum Gasteiger partial charge on any atom is -0.201 e. The molecule has 0 N–H and O–H groups in total. The van der Waals surface area contributed by atoms with Gasteiger partial charge in [-0.15, -0.1) is 0 Å². The summed E-state index contributed by atoms with van der Waals surface area (Å²) in [5, 5.41) is 10.8. The minimum atomic E-state index is 0.871. The predicted octanol–water partition coefficient (Wildman–Crippen LogP) is 6.07. The van der Waals surface area contributed by atoms with E-state index in [1.807, 2.05) is 0 Å². The Labute approximate surface area is 157 Å². The molecule has 0 unspecified atom stereocenters. The molecule has 0 fully saturated rings. The lowest BCUT2D eigenvalue weighted by Gasteiger charge is -2.16. The Kier molecular flexibility index (Phi) is 3.00. The number of nitrogens with zero attached hydrogens (tertiary/aromatic N) is 1. The molecule has 0 spiro atoms. The molecule has 126 valence electrons. The van der Waals surface area contributed by atoms with Crippen LogP contribution in [0.2, 0.25) is 0 Å². The van der Waals surface area contributed by atoms with E-state index in [9.17, 15) is 0 Å². The number of rotatable bonds is 2. The average Bonchev–Trinajstić information content (AvgIpc) is 2.74. The first-order chi connectivity index (χ1) is 13.4. The van der Waals surface area contributed by atoms with Crippen LogP contribution in [0.25, 0.3) is 43.1 Å². The zero-order valence-corrected chi connectivity index (χ0v) is 14.9. The fourth-order valence-electron chi connectivity index (χ4n) is 4.58. The van der Waals surface area contributed by atoms with Crippen LogP contribution in [-0.4, -0.2) is 0 Å². The average molecular weight is 344 g/mol. The van der Waals surface area contributed by atoms with Gasteiger partial charge in [-0.1, -0.05) is 72.8 Å². The van der Waals surface area contributed by atoms with E-state index in [1.165, 1.54) is 48.7 Å². The molecular weight excluding hydrogens is 326 g/mol. The van der Waals surface area contributed by atoms with E-state index in [1.54, 1.807) is 0 Å². The first kappa shape index (κ1) is 14.7. The quantitative estimate of drug-likeness (QED) is 0.204. The van der Waals surface area contributed by atoms with Crippen LogP contribution in [-0.2, 0) is 6.54 Å². The first-order valence-corrected chi connectivity index (χ1v) is 9.41. The molecule has 1 heterocycles. The Morgan fingerprint density at radius 1 is 0.481 bits per heavy atom. The Bertz CT molecular complexity index is 1420.